The van der Waals surface area contributed by atoms with Gasteiger partial charge in [0.2, 0.25) is 0 Å². The van der Waals surface area contributed by atoms with E-state index in [1.165, 1.54) is 6.33 Å². The third-order valence-corrected chi connectivity index (χ3v) is 6.26. The molecule has 0 aliphatic carbocycles. The molecule has 0 N–H and O–H groups in total. The molecule has 4 heterocycles. The third kappa shape index (κ3) is 4.50. The van der Waals surface area contributed by atoms with Gasteiger partial charge < -0.3 is 14.2 Å². The van der Waals surface area contributed by atoms with Crippen molar-refractivity contribution >= 4 is 17.0 Å². The van der Waals surface area contributed by atoms with E-state index in [1.807, 2.05) is 48.9 Å². The van der Waals surface area contributed by atoms with Crippen molar-refractivity contribution < 1.29 is 13.9 Å². The Morgan fingerprint density at radius 1 is 1.21 bits per heavy atom. The van der Waals surface area contributed by atoms with Crippen molar-refractivity contribution in [3.63, 3.8) is 0 Å². The second kappa shape index (κ2) is 9.24. The van der Waals surface area contributed by atoms with Crippen molar-refractivity contribution in [2.24, 2.45) is 0 Å². The van der Waals surface area contributed by atoms with Gasteiger partial charge in [-0.15, -0.1) is 0 Å². The summed E-state index contributed by atoms with van der Waals surface area (Å²) in [6.07, 6.45) is 7.99. The number of ether oxygens (including phenoxy) is 1. The predicted molar refractivity (Wildman–Crippen MR) is 125 cm³/mol. The summed E-state index contributed by atoms with van der Waals surface area (Å²) in [4.78, 5) is 22.3. The first-order valence-corrected chi connectivity index (χ1v) is 11.5. The Bertz CT molecular complexity index is 1290. The van der Waals surface area contributed by atoms with Gasteiger partial charge in [0, 0.05) is 36.4 Å². The number of nitrogens with zero attached hydrogens (tertiary/aromatic N) is 6. The minimum atomic E-state index is -0.305. The molecule has 1 fully saturated rings. The quantitative estimate of drug-likeness (QED) is 0.436. The second-order valence-electron chi connectivity index (χ2n) is 8.92. The molecule has 0 spiro atoms. The van der Waals surface area contributed by atoms with E-state index in [4.69, 9.17) is 4.74 Å². The van der Waals surface area contributed by atoms with Gasteiger partial charge in [-0.05, 0) is 68.5 Å². The number of carbonyl (C=O) groups is 1. The van der Waals surface area contributed by atoms with E-state index in [0.29, 0.717) is 25.3 Å². The van der Waals surface area contributed by atoms with Gasteiger partial charge in [0.15, 0.2) is 0 Å². The maximum absolute atomic E-state index is 15.0. The second-order valence-corrected chi connectivity index (χ2v) is 8.92. The van der Waals surface area contributed by atoms with Crippen molar-refractivity contribution in [1.82, 2.24) is 29.2 Å². The van der Waals surface area contributed by atoms with Crippen molar-refractivity contribution in [2.45, 2.75) is 45.3 Å². The Morgan fingerprint density at radius 3 is 2.74 bits per heavy atom. The Morgan fingerprint density at radius 2 is 2.03 bits per heavy atom. The smallest absolute Gasteiger partial charge is 0.410 e. The Hall–Kier alpha value is -3.75. The highest BCUT2D eigenvalue weighted by molar-refractivity contribution is 5.82. The number of hydrogen-bond acceptors (Lipinski definition) is 5. The predicted octanol–water partition coefficient (Wildman–Crippen LogP) is 4.53. The van der Waals surface area contributed by atoms with E-state index in [0.717, 1.165) is 35.0 Å². The summed E-state index contributed by atoms with van der Waals surface area (Å²) in [5, 5.41) is 5.20. The number of fused-ring (bicyclic) bond motifs is 1. The standard InChI is InChI=1S/C25H27FN6O2/c1-17(2)34-25(33)30-8-5-18(6-9-30)20-12-22(26)23(28-13-20)14-31-10-7-19-11-21(3-4-24(19)31)32-16-27-15-29-32/h3-4,7,10-13,15-18H,5-6,8-9,14H2,1-2H3. The highest BCUT2D eigenvalue weighted by atomic mass is 19.1. The molecule has 1 amide bonds. The number of hydrogen-bond donors (Lipinski definition) is 0. The van der Waals surface area contributed by atoms with Gasteiger partial charge in [-0.2, -0.15) is 5.10 Å². The zero-order chi connectivity index (χ0) is 23.7. The van der Waals surface area contributed by atoms with Gasteiger partial charge >= 0.3 is 6.09 Å². The molecule has 1 aromatic carbocycles. The van der Waals surface area contributed by atoms with Crippen LogP contribution in [0.1, 0.15) is 43.9 Å². The summed E-state index contributed by atoms with van der Waals surface area (Å²) in [5.41, 5.74) is 3.20. The lowest BCUT2D eigenvalue weighted by atomic mass is 9.90. The average molecular weight is 463 g/mol. The molecule has 1 saturated heterocycles. The minimum absolute atomic E-state index is 0.135. The Kier molecular flexibility index (Phi) is 6.00. The van der Waals surface area contributed by atoms with Gasteiger partial charge in [-0.25, -0.2) is 18.9 Å². The van der Waals surface area contributed by atoms with E-state index in [1.54, 1.807) is 28.2 Å². The first kappa shape index (κ1) is 22.1. The molecule has 3 aromatic heterocycles. The number of aromatic nitrogens is 5. The molecule has 0 radical (unpaired) electrons. The van der Waals surface area contributed by atoms with E-state index in [-0.39, 0.29) is 23.9 Å². The van der Waals surface area contributed by atoms with Crippen LogP contribution in [0.4, 0.5) is 9.18 Å². The zero-order valence-corrected chi connectivity index (χ0v) is 19.3. The zero-order valence-electron chi connectivity index (χ0n) is 19.3. The van der Waals surface area contributed by atoms with Crippen LogP contribution in [0.3, 0.4) is 0 Å². The fraction of sp³-hybridized carbons (Fsp3) is 0.360. The van der Waals surface area contributed by atoms with Gasteiger partial charge in [0.25, 0.3) is 0 Å². The number of likely N-dealkylation sites (tertiary alicyclic amines) is 1. The molecule has 176 valence electrons. The van der Waals surface area contributed by atoms with Gasteiger partial charge in [0.05, 0.1) is 24.0 Å². The van der Waals surface area contributed by atoms with Crippen LogP contribution in [0.2, 0.25) is 0 Å². The normalized spacial score (nSPS) is 14.8. The molecule has 1 aliphatic heterocycles. The fourth-order valence-corrected chi connectivity index (χ4v) is 4.46. The van der Waals surface area contributed by atoms with Crippen LogP contribution in [-0.4, -0.2) is 54.5 Å². The molecule has 4 aromatic rings. The first-order valence-electron chi connectivity index (χ1n) is 11.5. The maximum Gasteiger partial charge on any atom is 0.410 e. The molecule has 5 rings (SSSR count). The van der Waals surface area contributed by atoms with E-state index >= 15 is 4.39 Å². The molecular formula is C25H27FN6O2. The molecule has 34 heavy (non-hydrogen) atoms. The molecule has 0 saturated carbocycles. The average Bonchev–Trinajstić information content (AvgIpc) is 3.50. The van der Waals surface area contributed by atoms with Crippen LogP contribution in [0, 0.1) is 5.82 Å². The molecule has 1 aliphatic rings. The Labute approximate surface area is 197 Å². The minimum Gasteiger partial charge on any atom is -0.447 e. The summed E-state index contributed by atoms with van der Waals surface area (Å²) < 4.78 is 24.0. The topological polar surface area (TPSA) is 78.1 Å². The van der Waals surface area contributed by atoms with Crippen molar-refractivity contribution in [2.75, 3.05) is 13.1 Å². The summed E-state index contributed by atoms with van der Waals surface area (Å²) in [6.45, 7) is 5.23. The molecule has 0 atom stereocenters. The number of amides is 1. The largest absolute Gasteiger partial charge is 0.447 e. The maximum atomic E-state index is 15.0. The molecular weight excluding hydrogens is 435 g/mol. The van der Waals surface area contributed by atoms with Crippen LogP contribution in [0.15, 0.2) is 55.4 Å². The van der Waals surface area contributed by atoms with Crippen molar-refractivity contribution in [1.29, 1.82) is 0 Å². The van der Waals surface area contributed by atoms with E-state index in [9.17, 15) is 4.79 Å². The van der Waals surface area contributed by atoms with Crippen molar-refractivity contribution in [3.05, 3.63) is 72.5 Å². The van der Waals surface area contributed by atoms with Crippen LogP contribution < -0.4 is 0 Å². The lowest BCUT2D eigenvalue weighted by Crippen LogP contribution is -2.39. The lowest BCUT2D eigenvalue weighted by molar-refractivity contribution is 0.0691. The number of pyridine rings is 1. The fourth-order valence-electron chi connectivity index (χ4n) is 4.46. The highest BCUT2D eigenvalue weighted by Crippen LogP contribution is 2.29. The summed E-state index contributed by atoms with van der Waals surface area (Å²) in [6, 6.07) is 9.58. The number of piperidine rings is 1. The highest BCUT2D eigenvalue weighted by Gasteiger charge is 2.26. The summed E-state index contributed by atoms with van der Waals surface area (Å²) >= 11 is 0. The number of rotatable bonds is 5. The molecule has 9 heteroatoms. The molecule has 0 unspecified atom stereocenters. The van der Waals surface area contributed by atoms with E-state index < -0.39 is 0 Å². The Balaban J connectivity index is 1.27. The van der Waals surface area contributed by atoms with E-state index in [2.05, 4.69) is 15.1 Å². The number of halogens is 1. The summed E-state index contributed by atoms with van der Waals surface area (Å²) in [5.74, 6) is -0.123. The lowest BCUT2D eigenvalue weighted by Gasteiger charge is -2.32. The SMILES string of the molecule is CC(C)OC(=O)N1CCC(c2cnc(Cn3ccc4cc(-n5cncn5)ccc43)c(F)c2)CC1. The molecule has 8 nitrogen and oxygen atoms in total. The van der Waals surface area contributed by atoms with Gasteiger partial charge in [-0.1, -0.05) is 0 Å². The van der Waals surface area contributed by atoms with Crippen LogP contribution in [0.25, 0.3) is 16.6 Å². The summed E-state index contributed by atoms with van der Waals surface area (Å²) in [7, 11) is 0. The monoisotopic (exact) mass is 462 g/mol. The third-order valence-electron chi connectivity index (χ3n) is 6.26. The van der Waals surface area contributed by atoms with Crippen LogP contribution >= 0.6 is 0 Å². The van der Waals surface area contributed by atoms with Crippen LogP contribution in [-0.2, 0) is 11.3 Å². The van der Waals surface area contributed by atoms with Crippen LogP contribution in [0.5, 0.6) is 0 Å². The first-order chi connectivity index (χ1) is 16.5. The van der Waals surface area contributed by atoms with Gasteiger partial charge in [0.1, 0.15) is 18.5 Å². The van der Waals surface area contributed by atoms with Gasteiger partial charge in [-0.3, -0.25) is 4.98 Å². The van der Waals surface area contributed by atoms with Crippen molar-refractivity contribution in [3.8, 4) is 5.69 Å². The number of benzene rings is 1. The number of carbonyl (C=O) groups excluding carboxylic acids is 1. The molecule has 0 bridgehead atoms.